The van der Waals surface area contributed by atoms with E-state index in [4.69, 9.17) is 14.2 Å². The number of nitrogens with zero attached hydrogens (tertiary/aromatic N) is 4. The maximum atomic E-state index is 13.4. The van der Waals surface area contributed by atoms with Crippen LogP contribution in [0.15, 0.2) is 55.1 Å². The first-order valence-corrected chi connectivity index (χ1v) is 10.0. The van der Waals surface area contributed by atoms with Crippen molar-refractivity contribution in [2.24, 2.45) is 0 Å². The summed E-state index contributed by atoms with van der Waals surface area (Å²) in [6, 6.07) is 10.4. The molecule has 0 amide bonds. The van der Waals surface area contributed by atoms with Gasteiger partial charge < -0.3 is 18.8 Å². The van der Waals surface area contributed by atoms with Gasteiger partial charge in [-0.05, 0) is 35.9 Å². The van der Waals surface area contributed by atoms with Gasteiger partial charge in [-0.1, -0.05) is 6.07 Å². The molecule has 0 unspecified atom stereocenters. The second kappa shape index (κ2) is 7.74. The molecule has 0 spiro atoms. The average molecular weight is 438 g/mol. The first-order valence-electron chi connectivity index (χ1n) is 10.0. The van der Waals surface area contributed by atoms with Crippen LogP contribution in [0.2, 0.25) is 0 Å². The number of alkyl halides is 2. The number of ether oxygens (including phenoxy) is 3. The van der Waals surface area contributed by atoms with Crippen LogP contribution in [0, 0.1) is 0 Å². The van der Waals surface area contributed by atoms with Crippen LogP contribution in [0.5, 0.6) is 17.2 Å². The average Bonchev–Trinajstić information content (AvgIpc) is 3.20. The quantitative estimate of drug-likeness (QED) is 0.457. The molecule has 0 aliphatic carbocycles. The van der Waals surface area contributed by atoms with Gasteiger partial charge in [0.25, 0.3) is 5.92 Å². The number of aromatic nitrogens is 4. The van der Waals surface area contributed by atoms with Gasteiger partial charge in [-0.25, -0.2) is 9.97 Å². The Balaban J connectivity index is 1.41. The second-order valence-corrected chi connectivity index (χ2v) is 7.63. The number of pyridine rings is 2. The topological polar surface area (TPSA) is 71.3 Å². The van der Waals surface area contributed by atoms with Crippen molar-refractivity contribution in [1.82, 2.24) is 19.5 Å². The van der Waals surface area contributed by atoms with E-state index in [9.17, 15) is 8.78 Å². The molecular formula is C23H20F2N4O3. The summed E-state index contributed by atoms with van der Waals surface area (Å²) in [5.74, 6) is -1.46. The molecule has 3 aromatic heterocycles. The number of methoxy groups -OCH3 is 1. The molecule has 1 atom stereocenters. The summed E-state index contributed by atoms with van der Waals surface area (Å²) in [6.45, 7) is 1.57. The van der Waals surface area contributed by atoms with Crippen molar-refractivity contribution >= 4 is 11.2 Å². The van der Waals surface area contributed by atoms with Crippen molar-refractivity contribution in [3.8, 4) is 17.2 Å². The largest absolute Gasteiger partial charge is 0.493 e. The van der Waals surface area contributed by atoms with Gasteiger partial charge in [0.15, 0.2) is 23.3 Å². The summed E-state index contributed by atoms with van der Waals surface area (Å²) in [7, 11) is 1.56. The Labute approximate surface area is 182 Å². The molecule has 5 rings (SSSR count). The fourth-order valence-electron chi connectivity index (χ4n) is 3.67. The molecule has 1 aliphatic rings. The molecule has 0 N–H and O–H groups in total. The van der Waals surface area contributed by atoms with Crippen LogP contribution in [-0.4, -0.2) is 33.2 Å². The lowest BCUT2D eigenvalue weighted by atomic mass is 10.1. The van der Waals surface area contributed by atoms with Crippen LogP contribution < -0.4 is 14.2 Å². The molecular weight excluding hydrogens is 418 g/mol. The minimum absolute atomic E-state index is 0.221. The first kappa shape index (κ1) is 20.2. The van der Waals surface area contributed by atoms with Crippen molar-refractivity contribution in [2.75, 3.05) is 13.7 Å². The summed E-state index contributed by atoms with van der Waals surface area (Å²) >= 11 is 0. The molecule has 32 heavy (non-hydrogen) atoms. The predicted molar refractivity (Wildman–Crippen MR) is 112 cm³/mol. The number of benzene rings is 1. The fourth-order valence-corrected chi connectivity index (χ4v) is 3.67. The smallest absolute Gasteiger partial charge is 0.286 e. The zero-order valence-corrected chi connectivity index (χ0v) is 17.5. The van der Waals surface area contributed by atoms with E-state index in [2.05, 4.69) is 15.0 Å². The van der Waals surface area contributed by atoms with E-state index in [0.717, 1.165) is 23.7 Å². The number of hydrogen-bond donors (Lipinski definition) is 0. The predicted octanol–water partition coefficient (Wildman–Crippen LogP) is 4.51. The molecule has 4 aromatic rings. The molecule has 1 aliphatic heterocycles. The van der Waals surface area contributed by atoms with Gasteiger partial charge >= 0.3 is 0 Å². The monoisotopic (exact) mass is 438 g/mol. The molecule has 0 radical (unpaired) electrons. The van der Waals surface area contributed by atoms with Gasteiger partial charge in [-0.15, -0.1) is 0 Å². The minimum atomic E-state index is -3.00. The zero-order valence-electron chi connectivity index (χ0n) is 17.5. The maximum absolute atomic E-state index is 13.4. The Hall–Kier alpha value is -3.75. The summed E-state index contributed by atoms with van der Waals surface area (Å²) in [6.07, 6.45) is 4.38. The number of hydrogen-bond acceptors (Lipinski definition) is 6. The first-order chi connectivity index (χ1) is 15.4. The van der Waals surface area contributed by atoms with E-state index in [-0.39, 0.29) is 12.3 Å². The minimum Gasteiger partial charge on any atom is -0.493 e. The van der Waals surface area contributed by atoms with E-state index < -0.39 is 12.0 Å². The summed E-state index contributed by atoms with van der Waals surface area (Å²) < 4.78 is 46.4. The van der Waals surface area contributed by atoms with Crippen LogP contribution in [-0.2, 0) is 12.5 Å². The van der Waals surface area contributed by atoms with Gasteiger partial charge in [0.1, 0.15) is 17.8 Å². The van der Waals surface area contributed by atoms with Crippen LogP contribution in [0.25, 0.3) is 11.2 Å². The van der Waals surface area contributed by atoms with Crippen LogP contribution >= 0.6 is 0 Å². The Bertz CT molecular complexity index is 1250. The molecule has 1 aromatic carbocycles. The van der Waals surface area contributed by atoms with E-state index >= 15 is 0 Å². The van der Waals surface area contributed by atoms with Crippen molar-refractivity contribution in [3.63, 3.8) is 0 Å². The molecule has 0 saturated carbocycles. The highest BCUT2D eigenvalue weighted by atomic mass is 19.3. The number of imidazole rings is 1. The molecule has 7 nitrogen and oxygen atoms in total. The van der Waals surface area contributed by atoms with E-state index in [1.807, 2.05) is 28.8 Å². The van der Waals surface area contributed by atoms with Gasteiger partial charge in [-0.3, -0.25) is 4.98 Å². The van der Waals surface area contributed by atoms with Gasteiger partial charge in [0, 0.05) is 24.9 Å². The van der Waals surface area contributed by atoms with Crippen LogP contribution in [0.4, 0.5) is 8.78 Å². The Morgan fingerprint density at radius 1 is 1.19 bits per heavy atom. The second-order valence-electron chi connectivity index (χ2n) is 7.63. The maximum Gasteiger partial charge on any atom is 0.286 e. The molecule has 4 heterocycles. The van der Waals surface area contributed by atoms with Gasteiger partial charge in [-0.2, -0.15) is 8.78 Å². The highest BCUT2D eigenvalue weighted by Crippen LogP contribution is 2.44. The van der Waals surface area contributed by atoms with Crippen molar-refractivity contribution in [2.45, 2.75) is 25.5 Å². The van der Waals surface area contributed by atoms with Crippen LogP contribution in [0.1, 0.15) is 29.8 Å². The third-order valence-corrected chi connectivity index (χ3v) is 5.29. The Kier molecular flexibility index (Phi) is 4.88. The van der Waals surface area contributed by atoms with E-state index in [0.29, 0.717) is 29.4 Å². The third kappa shape index (κ3) is 3.70. The van der Waals surface area contributed by atoms with Crippen molar-refractivity contribution in [3.05, 3.63) is 71.9 Å². The van der Waals surface area contributed by atoms with Crippen LogP contribution in [0.3, 0.4) is 0 Å². The summed E-state index contributed by atoms with van der Waals surface area (Å²) in [4.78, 5) is 12.6. The molecule has 0 saturated heterocycles. The number of halogens is 2. The van der Waals surface area contributed by atoms with Crippen molar-refractivity contribution < 1.29 is 23.0 Å². The SMILES string of the molecule is COc1cc(Cn2cnc3cccnc32)cc2c1O[C@@H](c1ccc(C(C)(F)F)nc1)CO2. The lowest BCUT2D eigenvalue weighted by Gasteiger charge is -2.28. The Morgan fingerprint density at radius 2 is 2.06 bits per heavy atom. The molecule has 0 fully saturated rings. The van der Waals surface area contributed by atoms with E-state index in [1.54, 1.807) is 25.7 Å². The number of fused-ring (bicyclic) bond motifs is 2. The van der Waals surface area contributed by atoms with E-state index in [1.165, 1.54) is 12.3 Å². The lowest BCUT2D eigenvalue weighted by molar-refractivity contribution is 0.0126. The normalized spacial score (nSPS) is 15.7. The Morgan fingerprint density at radius 3 is 2.81 bits per heavy atom. The van der Waals surface area contributed by atoms with Gasteiger partial charge in [0.05, 0.1) is 20.0 Å². The standard InChI is InChI=1S/C23H20F2N4O3/c1-23(24,25)20-6-5-15(10-27-20)19-12-31-18-9-14(8-17(30-2)21(18)32-19)11-29-13-28-16-4-3-7-26-22(16)29/h3-10,13,19H,11-12H2,1-2H3/t19-/m1/s1. The third-order valence-electron chi connectivity index (χ3n) is 5.29. The lowest BCUT2D eigenvalue weighted by Crippen LogP contribution is -2.23. The molecule has 0 bridgehead atoms. The fraction of sp³-hybridized carbons (Fsp3) is 0.261. The summed E-state index contributed by atoms with van der Waals surface area (Å²) in [5, 5.41) is 0. The molecule has 9 heteroatoms. The summed E-state index contributed by atoms with van der Waals surface area (Å²) in [5.41, 5.74) is 2.90. The number of rotatable bonds is 5. The van der Waals surface area contributed by atoms with Crippen molar-refractivity contribution in [1.29, 1.82) is 0 Å². The molecule has 164 valence electrons. The highest BCUT2D eigenvalue weighted by Gasteiger charge is 2.29. The van der Waals surface area contributed by atoms with Gasteiger partial charge in [0.2, 0.25) is 5.75 Å². The zero-order chi connectivity index (χ0) is 22.3. The highest BCUT2D eigenvalue weighted by molar-refractivity contribution is 5.70.